The number of carbonyl (C=O) groups excluding carboxylic acids is 1. The van der Waals surface area contributed by atoms with Gasteiger partial charge in [0.05, 0.1) is 0 Å². The Hall–Kier alpha value is -1.66. The number of para-hydroxylation sites is 1. The van der Waals surface area contributed by atoms with Crippen LogP contribution in [0.2, 0.25) is 5.15 Å². The van der Waals surface area contributed by atoms with E-state index in [4.69, 9.17) is 21.1 Å². The van der Waals surface area contributed by atoms with Crippen molar-refractivity contribution in [2.24, 2.45) is 0 Å². The zero-order chi connectivity index (χ0) is 18.2. The van der Waals surface area contributed by atoms with Gasteiger partial charge in [0.1, 0.15) is 10.1 Å². The molecule has 2 aromatic rings. The van der Waals surface area contributed by atoms with Gasteiger partial charge in [-0.2, -0.15) is 0 Å². The van der Waals surface area contributed by atoms with E-state index >= 15 is 0 Å². The van der Waals surface area contributed by atoms with Crippen molar-refractivity contribution in [3.05, 3.63) is 40.5 Å². The first-order chi connectivity index (χ1) is 11.8. The number of hydrogen-bond donors (Lipinski definition) is 0. The average molecular weight is 426 g/mol. The van der Waals surface area contributed by atoms with Crippen molar-refractivity contribution >= 4 is 33.5 Å². The molecule has 1 aromatic heterocycles. The molecule has 5 nitrogen and oxygen atoms in total. The maximum absolute atomic E-state index is 12.2. The van der Waals surface area contributed by atoms with Crippen LogP contribution in [0.3, 0.4) is 0 Å². The highest BCUT2D eigenvalue weighted by atomic mass is 79.9. The molecule has 1 aromatic carbocycles. The summed E-state index contributed by atoms with van der Waals surface area (Å²) in [4.78, 5) is 12.2. The third-order valence-corrected chi connectivity index (χ3v) is 4.35. The first-order valence-corrected chi connectivity index (χ1v) is 9.14. The predicted octanol–water partition coefficient (Wildman–Crippen LogP) is 5.19. The number of carbonyl (C=O) groups is 1. The highest BCUT2D eigenvalue weighted by Gasteiger charge is 2.30. The predicted molar refractivity (Wildman–Crippen MR) is 98.9 cm³/mol. The first-order valence-electron chi connectivity index (χ1n) is 7.97. The summed E-state index contributed by atoms with van der Waals surface area (Å²) in [5.41, 5.74) is 2.12. The molecule has 0 atom stereocenters. The minimum absolute atomic E-state index is 0.116. The fourth-order valence-corrected chi connectivity index (χ4v) is 2.55. The molecule has 3 rings (SSSR count). The summed E-state index contributed by atoms with van der Waals surface area (Å²) in [6.07, 6.45) is 2.29. The summed E-state index contributed by atoms with van der Waals surface area (Å²) in [5.74, 6) is 1.02. The van der Waals surface area contributed by atoms with Crippen molar-refractivity contribution in [3.8, 4) is 17.4 Å². The second-order valence-electron chi connectivity index (χ2n) is 6.57. The maximum atomic E-state index is 12.2. The Morgan fingerprint density at radius 2 is 2.04 bits per heavy atom. The van der Waals surface area contributed by atoms with E-state index in [0.717, 1.165) is 29.7 Å². The van der Waals surface area contributed by atoms with Gasteiger partial charge in [-0.05, 0) is 50.7 Å². The van der Waals surface area contributed by atoms with E-state index in [2.05, 4.69) is 32.2 Å². The van der Waals surface area contributed by atoms with E-state index < -0.39 is 10.3 Å². The van der Waals surface area contributed by atoms with Gasteiger partial charge in [0.15, 0.2) is 10.9 Å². The molecular formula is C18H18BrClN2O3. The van der Waals surface area contributed by atoms with Crippen LogP contribution in [-0.4, -0.2) is 20.5 Å². The molecule has 0 radical (unpaired) electrons. The van der Waals surface area contributed by atoms with Crippen molar-refractivity contribution in [2.75, 3.05) is 0 Å². The van der Waals surface area contributed by atoms with Crippen LogP contribution in [0.15, 0.2) is 24.3 Å². The number of ether oxygens (including phenoxy) is 2. The number of esters is 1. The number of halogens is 2. The molecule has 132 valence electrons. The average Bonchev–Trinajstić information content (AvgIpc) is 3.35. The van der Waals surface area contributed by atoms with Crippen LogP contribution in [0, 0.1) is 6.92 Å². The Bertz CT molecular complexity index is 816. The molecule has 0 spiro atoms. The van der Waals surface area contributed by atoms with Crippen molar-refractivity contribution in [3.63, 3.8) is 0 Å². The van der Waals surface area contributed by atoms with Crippen molar-refractivity contribution in [2.45, 2.75) is 43.9 Å². The standard InChI is InChI=1S/C18H18BrClN2O3/c1-10-5-4-6-12(11-7-8-11)15(10)25-16-13(9-14(20)21-22-16)24-17(23)18(2,3)19/h4-6,9,11H,7-8H2,1-3H3. The van der Waals surface area contributed by atoms with Gasteiger partial charge in [0.25, 0.3) is 5.88 Å². The molecule has 0 N–H and O–H groups in total. The first kappa shape index (κ1) is 18.1. The number of aromatic nitrogens is 2. The largest absolute Gasteiger partial charge is 0.434 e. The second-order valence-corrected chi connectivity index (χ2v) is 8.94. The minimum Gasteiger partial charge on any atom is -0.434 e. The summed E-state index contributed by atoms with van der Waals surface area (Å²) in [5, 5.41) is 7.91. The molecular weight excluding hydrogens is 408 g/mol. The Kier molecular flexibility index (Phi) is 5.02. The van der Waals surface area contributed by atoms with Crippen LogP contribution < -0.4 is 9.47 Å². The highest BCUT2D eigenvalue weighted by Crippen LogP contribution is 2.47. The molecule has 1 aliphatic rings. The van der Waals surface area contributed by atoms with Gasteiger partial charge in [-0.3, -0.25) is 4.79 Å². The number of hydrogen-bond acceptors (Lipinski definition) is 5. The molecule has 0 amide bonds. The molecule has 1 aliphatic carbocycles. The zero-order valence-corrected chi connectivity index (χ0v) is 16.5. The Labute approximate surface area is 159 Å². The number of alkyl halides is 1. The maximum Gasteiger partial charge on any atom is 0.327 e. The fraction of sp³-hybridized carbons (Fsp3) is 0.389. The van der Waals surface area contributed by atoms with Gasteiger partial charge in [-0.1, -0.05) is 45.7 Å². The lowest BCUT2D eigenvalue weighted by molar-refractivity contribution is -0.136. The van der Waals surface area contributed by atoms with Crippen LogP contribution in [0.5, 0.6) is 17.4 Å². The normalized spacial score (nSPS) is 14.3. The molecule has 1 heterocycles. The third kappa shape index (κ3) is 4.30. The molecule has 0 aliphatic heterocycles. The molecule has 25 heavy (non-hydrogen) atoms. The van der Waals surface area contributed by atoms with E-state index in [0.29, 0.717) is 5.92 Å². The monoisotopic (exact) mass is 424 g/mol. The Morgan fingerprint density at radius 3 is 2.68 bits per heavy atom. The number of nitrogens with zero attached hydrogens (tertiary/aromatic N) is 2. The summed E-state index contributed by atoms with van der Waals surface area (Å²) in [6, 6.07) is 7.46. The molecule has 1 saturated carbocycles. The van der Waals surface area contributed by atoms with E-state index in [1.54, 1.807) is 13.8 Å². The lowest BCUT2D eigenvalue weighted by atomic mass is 10.1. The third-order valence-electron chi connectivity index (χ3n) is 3.84. The Morgan fingerprint density at radius 1 is 1.32 bits per heavy atom. The van der Waals surface area contributed by atoms with Gasteiger partial charge < -0.3 is 9.47 Å². The van der Waals surface area contributed by atoms with Crippen LogP contribution in [0.1, 0.15) is 43.7 Å². The van der Waals surface area contributed by atoms with E-state index in [-0.39, 0.29) is 16.8 Å². The van der Waals surface area contributed by atoms with Gasteiger partial charge in [0, 0.05) is 6.07 Å². The number of aryl methyl sites for hydroxylation is 1. The summed E-state index contributed by atoms with van der Waals surface area (Å²) in [7, 11) is 0. The Balaban J connectivity index is 1.95. The van der Waals surface area contributed by atoms with Crippen LogP contribution in [-0.2, 0) is 4.79 Å². The molecule has 0 bridgehead atoms. The van der Waals surface area contributed by atoms with Crippen molar-refractivity contribution < 1.29 is 14.3 Å². The van der Waals surface area contributed by atoms with Crippen molar-refractivity contribution in [1.82, 2.24) is 10.2 Å². The summed E-state index contributed by atoms with van der Waals surface area (Å²) in [6.45, 7) is 5.36. The summed E-state index contributed by atoms with van der Waals surface area (Å²) < 4.78 is 10.6. The van der Waals surface area contributed by atoms with E-state index in [9.17, 15) is 4.79 Å². The lowest BCUT2D eigenvalue weighted by Crippen LogP contribution is -2.29. The fourth-order valence-electron chi connectivity index (χ4n) is 2.33. The number of benzene rings is 1. The van der Waals surface area contributed by atoms with Crippen LogP contribution in [0.25, 0.3) is 0 Å². The van der Waals surface area contributed by atoms with Gasteiger partial charge >= 0.3 is 5.97 Å². The minimum atomic E-state index is -0.845. The number of rotatable bonds is 5. The highest BCUT2D eigenvalue weighted by molar-refractivity contribution is 9.10. The SMILES string of the molecule is Cc1cccc(C2CC2)c1Oc1nnc(Cl)cc1OC(=O)C(C)(C)Br. The van der Waals surface area contributed by atoms with Gasteiger partial charge in [-0.25, -0.2) is 0 Å². The van der Waals surface area contributed by atoms with Crippen LogP contribution >= 0.6 is 27.5 Å². The zero-order valence-electron chi connectivity index (χ0n) is 14.2. The molecule has 7 heteroatoms. The second kappa shape index (κ2) is 6.92. The van der Waals surface area contributed by atoms with Gasteiger partial charge in [0.2, 0.25) is 0 Å². The molecule has 0 unspecified atom stereocenters. The van der Waals surface area contributed by atoms with Crippen molar-refractivity contribution in [1.29, 1.82) is 0 Å². The summed E-state index contributed by atoms with van der Waals surface area (Å²) >= 11 is 9.19. The quantitative estimate of drug-likeness (QED) is 0.487. The lowest BCUT2D eigenvalue weighted by Gasteiger charge is -2.17. The molecule has 1 fully saturated rings. The van der Waals surface area contributed by atoms with Gasteiger partial charge in [-0.15, -0.1) is 10.2 Å². The van der Waals surface area contributed by atoms with Crippen LogP contribution in [0.4, 0.5) is 0 Å². The van der Waals surface area contributed by atoms with E-state index in [1.165, 1.54) is 6.07 Å². The molecule has 0 saturated heterocycles. The smallest absolute Gasteiger partial charge is 0.327 e. The van der Waals surface area contributed by atoms with E-state index in [1.807, 2.05) is 19.1 Å². The topological polar surface area (TPSA) is 61.3 Å².